The molecule has 0 amide bonds. The Morgan fingerprint density at radius 3 is 1.67 bits per heavy atom. The van der Waals surface area contributed by atoms with E-state index in [0.29, 0.717) is 22.8 Å². The van der Waals surface area contributed by atoms with E-state index in [1.54, 1.807) is 24.3 Å². The third-order valence-electron chi connectivity index (χ3n) is 5.27. The molecule has 2 saturated carbocycles. The van der Waals surface area contributed by atoms with Gasteiger partial charge in [-0.2, -0.15) is 0 Å². The number of halogens is 2. The van der Waals surface area contributed by atoms with Crippen LogP contribution in [0.2, 0.25) is 10.0 Å². The van der Waals surface area contributed by atoms with Crippen molar-refractivity contribution in [1.82, 2.24) is 0 Å². The standard InChI is InChI=1S/C11H11ClO2.C11H13ClO/c12-9-5-3-8(4-6-9)10(11(13)14)7-1-2-7;12-10-5-3-9(4-6-10)11(7-13)8-1-2-8/h3-7,10H,1-2H2,(H,13,14);3-6,8,11,13H,1-2,7H2/t10-;11-/m11/s1. The number of benzene rings is 2. The van der Waals surface area contributed by atoms with Crippen molar-refractivity contribution >= 4 is 29.2 Å². The Bertz CT molecular complexity index is 750. The summed E-state index contributed by atoms with van der Waals surface area (Å²) in [6, 6.07) is 14.9. The van der Waals surface area contributed by atoms with Gasteiger partial charge in [0.05, 0.1) is 12.5 Å². The van der Waals surface area contributed by atoms with Crippen LogP contribution in [0.15, 0.2) is 48.5 Å². The summed E-state index contributed by atoms with van der Waals surface area (Å²) in [5.41, 5.74) is 2.08. The quantitative estimate of drug-likeness (QED) is 0.642. The van der Waals surface area contributed by atoms with E-state index in [-0.39, 0.29) is 12.5 Å². The second-order valence-corrected chi connectivity index (χ2v) is 8.26. The van der Waals surface area contributed by atoms with Gasteiger partial charge in [0.25, 0.3) is 0 Å². The highest BCUT2D eigenvalue weighted by Crippen LogP contribution is 2.43. The van der Waals surface area contributed by atoms with Gasteiger partial charge in [0, 0.05) is 16.0 Å². The van der Waals surface area contributed by atoms with Crippen molar-refractivity contribution in [2.45, 2.75) is 37.5 Å². The molecule has 2 aliphatic carbocycles. The van der Waals surface area contributed by atoms with Gasteiger partial charge in [0.2, 0.25) is 0 Å². The van der Waals surface area contributed by atoms with E-state index in [0.717, 1.165) is 23.4 Å². The normalized spacial score (nSPS) is 18.2. The number of aliphatic hydroxyl groups excluding tert-OH is 1. The van der Waals surface area contributed by atoms with Crippen molar-refractivity contribution in [3.05, 3.63) is 69.7 Å². The number of rotatable bonds is 6. The molecule has 0 bridgehead atoms. The van der Waals surface area contributed by atoms with Crippen molar-refractivity contribution in [2.75, 3.05) is 6.61 Å². The third kappa shape index (κ3) is 5.71. The second-order valence-electron chi connectivity index (χ2n) is 7.38. The Morgan fingerprint density at radius 1 is 0.852 bits per heavy atom. The first-order valence-electron chi connectivity index (χ1n) is 9.34. The Kier molecular flexibility index (Phi) is 6.80. The molecule has 0 radical (unpaired) electrons. The molecule has 0 spiro atoms. The van der Waals surface area contributed by atoms with E-state index in [9.17, 15) is 9.90 Å². The molecule has 27 heavy (non-hydrogen) atoms. The Balaban J connectivity index is 0.000000156. The maximum atomic E-state index is 11.0. The van der Waals surface area contributed by atoms with Crippen LogP contribution in [0.25, 0.3) is 0 Å². The van der Waals surface area contributed by atoms with Crippen molar-refractivity contribution in [1.29, 1.82) is 0 Å². The number of carbonyl (C=O) groups is 1. The maximum absolute atomic E-state index is 11.0. The molecule has 2 N–H and O–H groups in total. The molecule has 2 aromatic rings. The zero-order chi connectivity index (χ0) is 19.4. The first kappa shape index (κ1) is 20.2. The van der Waals surface area contributed by atoms with E-state index in [1.165, 1.54) is 18.4 Å². The van der Waals surface area contributed by atoms with Crippen LogP contribution in [-0.2, 0) is 4.79 Å². The Labute approximate surface area is 169 Å². The number of carboxylic acids is 1. The molecule has 0 saturated heterocycles. The van der Waals surface area contributed by atoms with Crippen LogP contribution < -0.4 is 0 Å². The number of hydrogen-bond donors (Lipinski definition) is 2. The first-order valence-corrected chi connectivity index (χ1v) is 10.1. The molecular formula is C22H24Cl2O3. The zero-order valence-electron chi connectivity index (χ0n) is 15.0. The van der Waals surface area contributed by atoms with Gasteiger partial charge in [-0.25, -0.2) is 0 Å². The van der Waals surface area contributed by atoms with Crippen molar-refractivity contribution in [3.63, 3.8) is 0 Å². The van der Waals surface area contributed by atoms with E-state index in [2.05, 4.69) is 0 Å². The summed E-state index contributed by atoms with van der Waals surface area (Å²) >= 11 is 11.5. The minimum atomic E-state index is -0.727. The van der Waals surface area contributed by atoms with Gasteiger partial charge in [-0.3, -0.25) is 4.79 Å². The van der Waals surface area contributed by atoms with Crippen LogP contribution >= 0.6 is 23.2 Å². The lowest BCUT2D eigenvalue weighted by Crippen LogP contribution is -2.13. The Hall–Kier alpha value is -1.55. The fourth-order valence-electron chi connectivity index (χ4n) is 3.45. The SMILES string of the molecule is O=C(O)[C@@H](c1ccc(Cl)cc1)C1CC1.OC[C@@H](c1ccc(Cl)cc1)C1CC1. The summed E-state index contributed by atoms with van der Waals surface area (Å²) in [5, 5.41) is 19.7. The van der Waals surface area contributed by atoms with Gasteiger partial charge in [-0.15, -0.1) is 0 Å². The van der Waals surface area contributed by atoms with Crippen LogP contribution in [0, 0.1) is 11.8 Å². The molecule has 4 rings (SSSR count). The molecule has 5 heteroatoms. The number of carboxylic acid groups (broad SMARTS) is 1. The van der Waals surface area contributed by atoms with Crippen LogP contribution in [0.1, 0.15) is 48.6 Å². The van der Waals surface area contributed by atoms with Crippen LogP contribution in [0.5, 0.6) is 0 Å². The van der Waals surface area contributed by atoms with Gasteiger partial charge in [-0.1, -0.05) is 47.5 Å². The average Bonchev–Trinajstić information content (AvgIpc) is 3.54. The van der Waals surface area contributed by atoms with Crippen LogP contribution in [0.4, 0.5) is 0 Å². The molecular weight excluding hydrogens is 383 g/mol. The summed E-state index contributed by atoms with van der Waals surface area (Å²) in [6.07, 6.45) is 4.57. The summed E-state index contributed by atoms with van der Waals surface area (Å²) in [4.78, 5) is 11.0. The monoisotopic (exact) mass is 406 g/mol. The van der Waals surface area contributed by atoms with Crippen LogP contribution in [-0.4, -0.2) is 22.8 Å². The summed E-state index contributed by atoms with van der Waals surface area (Å²) in [5.74, 6) is 0.291. The molecule has 3 nitrogen and oxygen atoms in total. The number of aliphatic carboxylic acids is 1. The predicted octanol–water partition coefficient (Wildman–Crippen LogP) is 5.74. The Morgan fingerprint density at radius 2 is 1.30 bits per heavy atom. The van der Waals surface area contributed by atoms with Gasteiger partial charge in [0.1, 0.15) is 0 Å². The minimum Gasteiger partial charge on any atom is -0.481 e. The van der Waals surface area contributed by atoms with E-state index in [1.807, 2.05) is 24.3 Å². The molecule has 2 fully saturated rings. The van der Waals surface area contributed by atoms with Crippen LogP contribution in [0.3, 0.4) is 0 Å². The lowest BCUT2D eigenvalue weighted by atomic mass is 9.94. The number of hydrogen-bond acceptors (Lipinski definition) is 2. The molecule has 2 aliphatic rings. The molecule has 0 aliphatic heterocycles. The minimum absolute atomic E-state index is 0.256. The van der Waals surface area contributed by atoms with Crippen molar-refractivity contribution in [3.8, 4) is 0 Å². The molecule has 0 aromatic heterocycles. The van der Waals surface area contributed by atoms with Crippen molar-refractivity contribution < 1.29 is 15.0 Å². The average molecular weight is 407 g/mol. The fourth-order valence-corrected chi connectivity index (χ4v) is 3.70. The predicted molar refractivity (Wildman–Crippen MR) is 109 cm³/mol. The molecule has 144 valence electrons. The highest BCUT2D eigenvalue weighted by atomic mass is 35.5. The molecule has 2 aromatic carbocycles. The first-order chi connectivity index (χ1) is 13.0. The fraction of sp³-hybridized carbons (Fsp3) is 0.409. The highest BCUT2D eigenvalue weighted by Gasteiger charge is 2.37. The molecule has 2 atom stereocenters. The van der Waals surface area contributed by atoms with Gasteiger partial charge < -0.3 is 10.2 Å². The largest absolute Gasteiger partial charge is 0.481 e. The van der Waals surface area contributed by atoms with Gasteiger partial charge in [0.15, 0.2) is 0 Å². The lowest BCUT2D eigenvalue weighted by molar-refractivity contribution is -0.139. The lowest BCUT2D eigenvalue weighted by Gasteiger charge is -2.12. The summed E-state index contributed by atoms with van der Waals surface area (Å²) < 4.78 is 0. The zero-order valence-corrected chi connectivity index (χ0v) is 16.5. The van der Waals surface area contributed by atoms with E-state index >= 15 is 0 Å². The summed E-state index contributed by atoms with van der Waals surface area (Å²) in [6.45, 7) is 0.256. The van der Waals surface area contributed by atoms with E-state index in [4.69, 9.17) is 28.3 Å². The van der Waals surface area contributed by atoms with Gasteiger partial charge >= 0.3 is 5.97 Å². The third-order valence-corrected chi connectivity index (χ3v) is 5.78. The second kappa shape index (κ2) is 9.09. The molecule has 0 unspecified atom stereocenters. The van der Waals surface area contributed by atoms with Gasteiger partial charge in [-0.05, 0) is 72.9 Å². The number of aliphatic hydroxyl groups is 1. The summed E-state index contributed by atoms with van der Waals surface area (Å²) in [7, 11) is 0. The van der Waals surface area contributed by atoms with Crippen molar-refractivity contribution in [2.24, 2.45) is 11.8 Å². The topological polar surface area (TPSA) is 57.5 Å². The highest BCUT2D eigenvalue weighted by molar-refractivity contribution is 6.30. The molecule has 0 heterocycles. The maximum Gasteiger partial charge on any atom is 0.311 e. The smallest absolute Gasteiger partial charge is 0.311 e. The van der Waals surface area contributed by atoms with E-state index < -0.39 is 5.97 Å².